The standard InChI is InChI=1S/C18H24N2O5/c1-20(18(17(22)23)7-3-2-4-8-18)16(21)13-5-9-19-15(11-13)25-14-6-10-24-12-14/h5,9,11,14H,2-4,6-8,10,12H2,1H3,(H,22,23). The first-order chi connectivity index (χ1) is 12.0. The van der Waals surface area contributed by atoms with E-state index < -0.39 is 11.5 Å². The number of ether oxygens (including phenoxy) is 2. The van der Waals surface area contributed by atoms with E-state index in [-0.39, 0.29) is 12.0 Å². The van der Waals surface area contributed by atoms with Crippen molar-refractivity contribution in [2.75, 3.05) is 20.3 Å². The molecule has 0 bridgehead atoms. The summed E-state index contributed by atoms with van der Waals surface area (Å²) in [5.41, 5.74) is -0.739. The zero-order valence-electron chi connectivity index (χ0n) is 14.4. The maximum absolute atomic E-state index is 12.9. The van der Waals surface area contributed by atoms with Crippen LogP contribution in [0.1, 0.15) is 48.9 Å². The minimum Gasteiger partial charge on any atom is -0.479 e. The number of amides is 1. The topological polar surface area (TPSA) is 89.0 Å². The van der Waals surface area contributed by atoms with Crippen LogP contribution >= 0.6 is 0 Å². The lowest BCUT2D eigenvalue weighted by atomic mass is 9.80. The van der Waals surface area contributed by atoms with Gasteiger partial charge in [-0.1, -0.05) is 19.3 Å². The average molecular weight is 348 g/mol. The van der Waals surface area contributed by atoms with Gasteiger partial charge in [0, 0.05) is 31.3 Å². The van der Waals surface area contributed by atoms with Gasteiger partial charge in [0.1, 0.15) is 11.6 Å². The Balaban J connectivity index is 1.78. The summed E-state index contributed by atoms with van der Waals surface area (Å²) in [7, 11) is 1.58. The highest BCUT2D eigenvalue weighted by Gasteiger charge is 2.45. The van der Waals surface area contributed by atoms with Gasteiger partial charge < -0.3 is 19.5 Å². The molecular formula is C18H24N2O5. The number of aliphatic carboxylic acids is 1. The molecule has 1 saturated carbocycles. The first-order valence-electron chi connectivity index (χ1n) is 8.75. The number of nitrogens with zero attached hydrogens (tertiary/aromatic N) is 2. The van der Waals surface area contributed by atoms with Gasteiger partial charge in [0.2, 0.25) is 5.88 Å². The van der Waals surface area contributed by atoms with Crippen molar-refractivity contribution >= 4 is 11.9 Å². The third kappa shape index (κ3) is 3.61. The lowest BCUT2D eigenvalue weighted by Gasteiger charge is -2.41. The molecule has 1 N–H and O–H groups in total. The minimum absolute atomic E-state index is 0.0562. The number of aromatic nitrogens is 1. The summed E-state index contributed by atoms with van der Waals surface area (Å²) in [5, 5.41) is 9.75. The number of hydrogen-bond donors (Lipinski definition) is 1. The van der Waals surface area contributed by atoms with Crippen molar-refractivity contribution in [1.82, 2.24) is 9.88 Å². The van der Waals surface area contributed by atoms with E-state index in [1.807, 2.05) is 0 Å². The molecule has 1 aliphatic heterocycles. The van der Waals surface area contributed by atoms with Gasteiger partial charge in [0.25, 0.3) is 5.91 Å². The summed E-state index contributed by atoms with van der Waals surface area (Å²) in [4.78, 5) is 30.3. The van der Waals surface area contributed by atoms with E-state index in [9.17, 15) is 14.7 Å². The lowest BCUT2D eigenvalue weighted by molar-refractivity contribution is -0.151. The molecule has 1 unspecified atom stereocenters. The van der Waals surface area contributed by atoms with E-state index in [1.165, 1.54) is 11.1 Å². The Bertz CT molecular complexity index is 636. The summed E-state index contributed by atoms with van der Waals surface area (Å²) < 4.78 is 11.0. The number of hydrogen-bond acceptors (Lipinski definition) is 5. The van der Waals surface area contributed by atoms with Crippen LogP contribution in [0.25, 0.3) is 0 Å². The highest BCUT2D eigenvalue weighted by atomic mass is 16.5. The number of carbonyl (C=O) groups is 2. The molecule has 2 heterocycles. The van der Waals surface area contributed by atoms with E-state index >= 15 is 0 Å². The fourth-order valence-corrected chi connectivity index (χ4v) is 3.60. The van der Waals surface area contributed by atoms with Crippen LogP contribution < -0.4 is 4.74 Å². The summed E-state index contributed by atoms with van der Waals surface area (Å²) in [6.07, 6.45) is 5.86. The molecule has 0 radical (unpaired) electrons. The Morgan fingerprint density at radius 3 is 2.76 bits per heavy atom. The second-order valence-electron chi connectivity index (χ2n) is 6.75. The monoisotopic (exact) mass is 348 g/mol. The van der Waals surface area contributed by atoms with Crippen LogP contribution in [0, 0.1) is 0 Å². The van der Waals surface area contributed by atoms with E-state index in [4.69, 9.17) is 9.47 Å². The molecule has 0 spiro atoms. The first kappa shape index (κ1) is 17.7. The van der Waals surface area contributed by atoms with E-state index in [1.54, 1.807) is 19.2 Å². The molecule has 25 heavy (non-hydrogen) atoms. The van der Waals surface area contributed by atoms with Crippen molar-refractivity contribution < 1.29 is 24.2 Å². The Hall–Kier alpha value is -2.15. The number of carboxylic acid groups (broad SMARTS) is 1. The van der Waals surface area contributed by atoms with Gasteiger partial charge >= 0.3 is 5.97 Å². The van der Waals surface area contributed by atoms with E-state index in [2.05, 4.69) is 4.98 Å². The molecule has 1 atom stereocenters. The smallest absolute Gasteiger partial charge is 0.329 e. The number of pyridine rings is 1. The molecule has 1 amide bonds. The number of carbonyl (C=O) groups excluding carboxylic acids is 1. The Labute approximate surface area is 146 Å². The predicted octanol–water partition coefficient (Wildman–Crippen LogP) is 2.11. The second kappa shape index (κ2) is 7.39. The van der Waals surface area contributed by atoms with Crippen LogP contribution in [0.4, 0.5) is 0 Å². The normalized spacial score (nSPS) is 22.4. The summed E-state index contributed by atoms with van der Waals surface area (Å²) in [5.74, 6) is -0.890. The van der Waals surface area contributed by atoms with Crippen LogP contribution in [-0.4, -0.2) is 58.8 Å². The molecule has 1 aromatic rings. The van der Waals surface area contributed by atoms with Gasteiger partial charge in [-0.3, -0.25) is 4.79 Å². The van der Waals surface area contributed by atoms with Gasteiger partial charge in [-0.15, -0.1) is 0 Å². The molecule has 2 fully saturated rings. The SMILES string of the molecule is CN(C(=O)c1ccnc(OC2CCOC2)c1)C1(C(=O)O)CCCCC1. The number of likely N-dealkylation sites (N-methyl/N-ethyl adjacent to an activating group) is 1. The highest BCUT2D eigenvalue weighted by molar-refractivity contribution is 5.97. The van der Waals surface area contributed by atoms with Crippen LogP contribution in [0.5, 0.6) is 5.88 Å². The fraction of sp³-hybridized carbons (Fsp3) is 0.611. The van der Waals surface area contributed by atoms with Crippen molar-refractivity contribution in [2.45, 2.75) is 50.2 Å². The van der Waals surface area contributed by atoms with Crippen LogP contribution in [0.2, 0.25) is 0 Å². The largest absolute Gasteiger partial charge is 0.479 e. The zero-order valence-corrected chi connectivity index (χ0v) is 14.4. The molecular weight excluding hydrogens is 324 g/mol. The molecule has 2 aliphatic rings. The van der Waals surface area contributed by atoms with Gasteiger partial charge in [-0.05, 0) is 18.9 Å². The third-order valence-electron chi connectivity index (χ3n) is 5.18. The summed E-state index contributed by atoms with van der Waals surface area (Å²) in [6, 6.07) is 3.17. The molecule has 1 saturated heterocycles. The van der Waals surface area contributed by atoms with Crippen LogP contribution in [-0.2, 0) is 9.53 Å². The number of rotatable bonds is 5. The Morgan fingerprint density at radius 2 is 2.12 bits per heavy atom. The molecule has 7 nitrogen and oxygen atoms in total. The highest BCUT2D eigenvalue weighted by Crippen LogP contribution is 2.34. The molecule has 1 aliphatic carbocycles. The average Bonchev–Trinajstić information content (AvgIpc) is 3.14. The van der Waals surface area contributed by atoms with Crippen molar-refractivity contribution in [3.05, 3.63) is 23.9 Å². The third-order valence-corrected chi connectivity index (χ3v) is 5.18. The zero-order chi connectivity index (χ0) is 17.9. The van der Waals surface area contributed by atoms with Gasteiger partial charge in [-0.2, -0.15) is 0 Å². The van der Waals surface area contributed by atoms with Crippen molar-refractivity contribution in [1.29, 1.82) is 0 Å². The Morgan fingerprint density at radius 1 is 1.36 bits per heavy atom. The van der Waals surface area contributed by atoms with Gasteiger partial charge in [0.05, 0.1) is 13.2 Å². The second-order valence-corrected chi connectivity index (χ2v) is 6.75. The van der Waals surface area contributed by atoms with Crippen LogP contribution in [0.3, 0.4) is 0 Å². The first-order valence-corrected chi connectivity index (χ1v) is 8.75. The molecule has 136 valence electrons. The maximum atomic E-state index is 12.9. The minimum atomic E-state index is -1.13. The quantitative estimate of drug-likeness (QED) is 0.877. The molecule has 7 heteroatoms. The van der Waals surface area contributed by atoms with E-state index in [0.717, 1.165) is 25.7 Å². The summed E-state index contributed by atoms with van der Waals surface area (Å²) in [6.45, 7) is 1.18. The Kier molecular flexibility index (Phi) is 5.22. The molecule has 1 aromatic heterocycles. The predicted molar refractivity (Wildman–Crippen MR) is 89.6 cm³/mol. The molecule has 0 aromatic carbocycles. The summed E-state index contributed by atoms with van der Waals surface area (Å²) >= 11 is 0. The number of carboxylic acids is 1. The van der Waals surface area contributed by atoms with E-state index in [0.29, 0.717) is 37.5 Å². The van der Waals surface area contributed by atoms with Crippen molar-refractivity contribution in [2.24, 2.45) is 0 Å². The van der Waals surface area contributed by atoms with Gasteiger partial charge in [0.15, 0.2) is 0 Å². The van der Waals surface area contributed by atoms with Crippen LogP contribution in [0.15, 0.2) is 18.3 Å². The van der Waals surface area contributed by atoms with Crippen molar-refractivity contribution in [3.63, 3.8) is 0 Å². The van der Waals surface area contributed by atoms with Gasteiger partial charge in [-0.25, -0.2) is 9.78 Å². The fourth-order valence-electron chi connectivity index (χ4n) is 3.60. The lowest BCUT2D eigenvalue weighted by Crippen LogP contribution is -2.56. The maximum Gasteiger partial charge on any atom is 0.329 e. The molecule has 3 rings (SSSR count). The van der Waals surface area contributed by atoms with Crippen molar-refractivity contribution in [3.8, 4) is 5.88 Å².